The first kappa shape index (κ1) is 14.6. The number of carbonyl (C=O) groups excluding carboxylic acids is 2. The van der Waals surface area contributed by atoms with E-state index in [-0.39, 0.29) is 23.6 Å². The standard InChI is InChI=1S/C18H19NO3/c1-19-11-15(12-7-5-6-10-16(12)19)17(20)13-8-3-4-9-14(13)18(21)22-2/h3-7,10-11,13-14H,8-9H2,1-2H3/t13-,14+/m1/s1. The van der Waals surface area contributed by atoms with E-state index in [0.29, 0.717) is 18.4 Å². The third-order valence-electron chi connectivity index (χ3n) is 4.44. The molecule has 1 aliphatic carbocycles. The SMILES string of the molecule is COC(=O)[C@H]1CC=CC[C@H]1C(=O)c1cn(C)c2ccccc12. The van der Waals surface area contributed by atoms with Crippen molar-refractivity contribution in [3.05, 3.63) is 48.2 Å². The Morgan fingerprint density at radius 2 is 1.82 bits per heavy atom. The van der Waals surface area contributed by atoms with Crippen LogP contribution in [-0.4, -0.2) is 23.4 Å². The monoisotopic (exact) mass is 297 g/mol. The molecule has 0 saturated carbocycles. The van der Waals surface area contributed by atoms with Crippen molar-refractivity contribution in [2.75, 3.05) is 7.11 Å². The van der Waals surface area contributed by atoms with Gasteiger partial charge in [-0.05, 0) is 18.9 Å². The molecule has 0 bridgehead atoms. The van der Waals surface area contributed by atoms with Crippen molar-refractivity contribution in [3.63, 3.8) is 0 Å². The van der Waals surface area contributed by atoms with E-state index < -0.39 is 0 Å². The Labute approximate surface area is 129 Å². The summed E-state index contributed by atoms with van der Waals surface area (Å²) < 4.78 is 6.82. The molecule has 0 spiro atoms. The molecule has 114 valence electrons. The van der Waals surface area contributed by atoms with Gasteiger partial charge in [-0.15, -0.1) is 0 Å². The van der Waals surface area contributed by atoms with E-state index >= 15 is 0 Å². The van der Waals surface area contributed by atoms with Gasteiger partial charge in [-0.25, -0.2) is 0 Å². The number of methoxy groups -OCH3 is 1. The number of Topliss-reactive ketones (excluding diaryl/α,β-unsaturated/α-hetero) is 1. The zero-order valence-corrected chi connectivity index (χ0v) is 12.8. The van der Waals surface area contributed by atoms with Gasteiger partial charge in [0.2, 0.25) is 0 Å². The highest BCUT2D eigenvalue weighted by molar-refractivity contribution is 6.10. The van der Waals surface area contributed by atoms with Gasteiger partial charge >= 0.3 is 5.97 Å². The maximum atomic E-state index is 13.0. The van der Waals surface area contributed by atoms with E-state index in [0.717, 1.165) is 10.9 Å². The summed E-state index contributed by atoms with van der Waals surface area (Å²) in [6.07, 6.45) is 6.94. The molecule has 4 nitrogen and oxygen atoms in total. The number of ketones is 1. The van der Waals surface area contributed by atoms with Crippen LogP contribution in [0.4, 0.5) is 0 Å². The van der Waals surface area contributed by atoms with Crippen LogP contribution >= 0.6 is 0 Å². The van der Waals surface area contributed by atoms with Crippen LogP contribution in [0, 0.1) is 11.8 Å². The average molecular weight is 297 g/mol. The molecule has 4 heteroatoms. The molecule has 0 amide bonds. The number of esters is 1. The highest BCUT2D eigenvalue weighted by atomic mass is 16.5. The maximum absolute atomic E-state index is 13.0. The van der Waals surface area contributed by atoms with E-state index in [1.807, 2.05) is 54.2 Å². The first-order chi connectivity index (χ1) is 10.6. The number of rotatable bonds is 3. The number of aryl methyl sites for hydroxylation is 1. The maximum Gasteiger partial charge on any atom is 0.309 e. The molecule has 1 aliphatic rings. The molecule has 0 aliphatic heterocycles. The van der Waals surface area contributed by atoms with Crippen molar-refractivity contribution in [1.29, 1.82) is 0 Å². The lowest BCUT2D eigenvalue weighted by atomic mass is 9.78. The summed E-state index contributed by atoms with van der Waals surface area (Å²) in [5.41, 5.74) is 1.71. The first-order valence-electron chi connectivity index (χ1n) is 7.44. The topological polar surface area (TPSA) is 48.3 Å². The lowest BCUT2D eigenvalue weighted by Gasteiger charge is -2.25. The van der Waals surface area contributed by atoms with Crippen LogP contribution in [0.5, 0.6) is 0 Å². The van der Waals surface area contributed by atoms with Crippen molar-refractivity contribution in [2.45, 2.75) is 12.8 Å². The van der Waals surface area contributed by atoms with Crippen LogP contribution in [0.2, 0.25) is 0 Å². The van der Waals surface area contributed by atoms with E-state index in [4.69, 9.17) is 4.74 Å². The number of hydrogen-bond donors (Lipinski definition) is 0. The second kappa shape index (κ2) is 5.79. The Balaban J connectivity index is 2.01. The summed E-state index contributed by atoms with van der Waals surface area (Å²) in [5.74, 6) is -1.01. The smallest absolute Gasteiger partial charge is 0.309 e. The van der Waals surface area contributed by atoms with Crippen LogP contribution in [0.25, 0.3) is 10.9 Å². The van der Waals surface area contributed by atoms with Gasteiger partial charge in [-0.3, -0.25) is 9.59 Å². The van der Waals surface area contributed by atoms with Crippen molar-refractivity contribution < 1.29 is 14.3 Å². The van der Waals surface area contributed by atoms with Gasteiger partial charge in [0.15, 0.2) is 5.78 Å². The molecule has 1 aromatic carbocycles. The van der Waals surface area contributed by atoms with Gasteiger partial charge < -0.3 is 9.30 Å². The fourth-order valence-corrected chi connectivity index (χ4v) is 3.25. The van der Waals surface area contributed by atoms with E-state index in [1.54, 1.807) is 0 Å². The summed E-state index contributed by atoms with van der Waals surface area (Å²) in [4.78, 5) is 25.0. The van der Waals surface area contributed by atoms with Crippen LogP contribution in [-0.2, 0) is 16.6 Å². The van der Waals surface area contributed by atoms with Gasteiger partial charge in [0, 0.05) is 35.6 Å². The lowest BCUT2D eigenvalue weighted by Crippen LogP contribution is -2.32. The molecule has 0 unspecified atom stereocenters. The van der Waals surface area contributed by atoms with Crippen molar-refractivity contribution in [1.82, 2.24) is 4.57 Å². The molecular weight excluding hydrogens is 278 g/mol. The minimum absolute atomic E-state index is 0.0246. The molecule has 1 heterocycles. The van der Waals surface area contributed by atoms with Crippen LogP contribution in [0.3, 0.4) is 0 Å². The number of carbonyl (C=O) groups is 2. The molecular formula is C18H19NO3. The summed E-state index contributed by atoms with van der Waals surface area (Å²) in [5, 5.41) is 0.938. The van der Waals surface area contributed by atoms with Gasteiger partial charge in [-0.1, -0.05) is 30.4 Å². The van der Waals surface area contributed by atoms with Gasteiger partial charge in [-0.2, -0.15) is 0 Å². The largest absolute Gasteiger partial charge is 0.469 e. The summed E-state index contributed by atoms with van der Waals surface area (Å²) >= 11 is 0. The van der Waals surface area contributed by atoms with Gasteiger partial charge in [0.1, 0.15) is 0 Å². The number of ether oxygens (including phenoxy) is 1. The number of hydrogen-bond acceptors (Lipinski definition) is 3. The lowest BCUT2D eigenvalue weighted by molar-refractivity contribution is -0.146. The molecule has 1 aromatic heterocycles. The van der Waals surface area contributed by atoms with Crippen LogP contribution < -0.4 is 0 Å². The molecule has 0 N–H and O–H groups in total. The number of benzene rings is 1. The van der Waals surface area contributed by atoms with Crippen molar-refractivity contribution in [2.24, 2.45) is 18.9 Å². The Kier molecular flexibility index (Phi) is 3.84. The zero-order chi connectivity index (χ0) is 15.7. The van der Waals surface area contributed by atoms with Crippen molar-refractivity contribution in [3.8, 4) is 0 Å². The normalized spacial score (nSPS) is 21.0. The van der Waals surface area contributed by atoms with Gasteiger partial charge in [0.25, 0.3) is 0 Å². The molecule has 0 radical (unpaired) electrons. The molecule has 0 fully saturated rings. The van der Waals surface area contributed by atoms with Crippen molar-refractivity contribution >= 4 is 22.7 Å². The highest BCUT2D eigenvalue weighted by Crippen LogP contribution is 2.32. The average Bonchev–Trinajstić information content (AvgIpc) is 2.91. The molecule has 2 atom stereocenters. The third kappa shape index (κ3) is 2.34. The number of para-hydroxylation sites is 1. The molecule has 22 heavy (non-hydrogen) atoms. The number of nitrogens with zero attached hydrogens (tertiary/aromatic N) is 1. The first-order valence-corrected chi connectivity index (χ1v) is 7.44. The highest BCUT2D eigenvalue weighted by Gasteiger charge is 2.36. The predicted octanol–water partition coefficient (Wildman–Crippen LogP) is 3.12. The second-order valence-corrected chi connectivity index (χ2v) is 5.71. The van der Waals surface area contributed by atoms with E-state index in [2.05, 4.69) is 0 Å². The van der Waals surface area contributed by atoms with E-state index in [9.17, 15) is 9.59 Å². The Hall–Kier alpha value is -2.36. The molecule has 3 rings (SSSR count). The van der Waals surface area contributed by atoms with Crippen LogP contribution in [0.1, 0.15) is 23.2 Å². The van der Waals surface area contributed by atoms with E-state index in [1.165, 1.54) is 7.11 Å². The Morgan fingerprint density at radius 3 is 2.55 bits per heavy atom. The zero-order valence-electron chi connectivity index (χ0n) is 12.8. The number of aromatic nitrogens is 1. The summed E-state index contributed by atoms with van der Waals surface area (Å²) in [7, 11) is 3.30. The molecule has 2 aromatic rings. The third-order valence-corrected chi connectivity index (χ3v) is 4.44. The Bertz CT molecular complexity index is 757. The minimum Gasteiger partial charge on any atom is -0.469 e. The quantitative estimate of drug-likeness (QED) is 0.497. The Morgan fingerprint density at radius 1 is 1.14 bits per heavy atom. The molecule has 0 saturated heterocycles. The predicted molar refractivity (Wildman–Crippen MR) is 84.6 cm³/mol. The van der Waals surface area contributed by atoms with Gasteiger partial charge in [0.05, 0.1) is 13.0 Å². The van der Waals surface area contributed by atoms with Crippen LogP contribution in [0.15, 0.2) is 42.6 Å². The number of fused-ring (bicyclic) bond motifs is 1. The fourth-order valence-electron chi connectivity index (χ4n) is 3.25. The second-order valence-electron chi connectivity index (χ2n) is 5.71. The number of allylic oxidation sites excluding steroid dienone is 2. The fraction of sp³-hybridized carbons (Fsp3) is 0.333. The summed E-state index contributed by atoms with van der Waals surface area (Å²) in [6.45, 7) is 0. The summed E-state index contributed by atoms with van der Waals surface area (Å²) in [6, 6.07) is 7.83. The minimum atomic E-state index is -0.388.